The van der Waals surface area contributed by atoms with E-state index >= 15 is 0 Å². The fourth-order valence-electron chi connectivity index (χ4n) is 4.83. The molecule has 1 unspecified atom stereocenters. The highest BCUT2D eigenvalue weighted by molar-refractivity contribution is 5.78. The zero-order valence-corrected chi connectivity index (χ0v) is 24.5. The van der Waals surface area contributed by atoms with Crippen LogP contribution in [0.15, 0.2) is 43.1 Å². The third kappa shape index (κ3) is 7.24. The Morgan fingerprint density at radius 3 is 2.61 bits per heavy atom. The number of imidazole rings is 1. The summed E-state index contributed by atoms with van der Waals surface area (Å²) >= 11 is 0. The number of anilines is 1. The Morgan fingerprint density at radius 1 is 1.12 bits per heavy atom. The molecule has 1 aromatic carbocycles. The van der Waals surface area contributed by atoms with Crippen LogP contribution in [-0.4, -0.2) is 82.8 Å². The lowest BCUT2D eigenvalue weighted by Crippen LogP contribution is -2.58. The number of nitrogens with one attached hydrogen (secondary N) is 2. The number of amides is 3. The molecule has 220 valence electrons. The van der Waals surface area contributed by atoms with Crippen LogP contribution < -0.4 is 25.0 Å². The molecular formula is C29H40N8O4. The van der Waals surface area contributed by atoms with E-state index in [4.69, 9.17) is 14.5 Å². The standard InChI is InChI=1S/C29H40N8O4/c1-6-9-31-29(39)35-12-13-37(27-23(20(2)3)17-33-28(34-27)36-11-10-30-19-36)22(18-35)15-26(38)32-16-21-7-8-24(40-4)25(14-21)41-5/h7-8,10-11,14,17,19-20,22H,6,9,12-13,15-16,18H2,1-5H3,(H,31,39)(H,32,38). The molecule has 1 aliphatic rings. The minimum atomic E-state index is -0.287. The van der Waals surface area contributed by atoms with Gasteiger partial charge in [-0.1, -0.05) is 26.8 Å². The molecule has 12 nitrogen and oxygen atoms in total. The summed E-state index contributed by atoms with van der Waals surface area (Å²) in [6.45, 7) is 8.59. The van der Waals surface area contributed by atoms with E-state index in [2.05, 4.69) is 39.3 Å². The number of aromatic nitrogens is 4. The van der Waals surface area contributed by atoms with Crippen molar-refractivity contribution in [3.8, 4) is 17.4 Å². The van der Waals surface area contributed by atoms with Crippen molar-refractivity contribution >= 4 is 17.8 Å². The third-order valence-electron chi connectivity index (χ3n) is 7.07. The first-order valence-corrected chi connectivity index (χ1v) is 14.0. The Labute approximate surface area is 241 Å². The van der Waals surface area contributed by atoms with Gasteiger partial charge in [0, 0.05) is 63.3 Å². The quantitative estimate of drug-likeness (QED) is 0.364. The normalized spacial score (nSPS) is 15.1. The van der Waals surface area contributed by atoms with Crippen molar-refractivity contribution in [3.05, 3.63) is 54.2 Å². The van der Waals surface area contributed by atoms with Crippen molar-refractivity contribution in [1.82, 2.24) is 35.1 Å². The number of methoxy groups -OCH3 is 2. The summed E-state index contributed by atoms with van der Waals surface area (Å²) in [6.07, 6.45) is 8.01. The van der Waals surface area contributed by atoms with E-state index < -0.39 is 0 Å². The molecule has 1 aliphatic heterocycles. The maximum atomic E-state index is 13.3. The van der Waals surface area contributed by atoms with Gasteiger partial charge in [-0.3, -0.25) is 9.36 Å². The average Bonchev–Trinajstić information content (AvgIpc) is 3.53. The summed E-state index contributed by atoms with van der Waals surface area (Å²) in [5.74, 6) is 2.53. The zero-order valence-electron chi connectivity index (χ0n) is 24.5. The van der Waals surface area contributed by atoms with Gasteiger partial charge in [-0.2, -0.15) is 4.98 Å². The summed E-state index contributed by atoms with van der Waals surface area (Å²) in [4.78, 5) is 43.7. The van der Waals surface area contributed by atoms with Gasteiger partial charge in [-0.05, 0) is 30.0 Å². The van der Waals surface area contributed by atoms with Crippen molar-refractivity contribution in [3.63, 3.8) is 0 Å². The lowest BCUT2D eigenvalue weighted by atomic mass is 10.0. The minimum Gasteiger partial charge on any atom is -0.493 e. The molecule has 1 atom stereocenters. The molecule has 41 heavy (non-hydrogen) atoms. The van der Waals surface area contributed by atoms with Gasteiger partial charge in [-0.25, -0.2) is 14.8 Å². The number of benzene rings is 1. The number of urea groups is 1. The average molecular weight is 565 g/mol. The van der Waals surface area contributed by atoms with Crippen molar-refractivity contribution in [2.45, 2.75) is 52.1 Å². The molecule has 1 fully saturated rings. The van der Waals surface area contributed by atoms with Gasteiger partial charge < -0.3 is 29.9 Å². The van der Waals surface area contributed by atoms with Gasteiger partial charge in [0.1, 0.15) is 12.1 Å². The molecule has 0 spiro atoms. The molecule has 3 heterocycles. The minimum absolute atomic E-state index is 0.117. The molecule has 3 amide bonds. The number of hydrogen-bond donors (Lipinski definition) is 2. The van der Waals surface area contributed by atoms with E-state index in [0.717, 1.165) is 23.4 Å². The second kappa shape index (κ2) is 13.8. The highest BCUT2D eigenvalue weighted by Gasteiger charge is 2.33. The van der Waals surface area contributed by atoms with E-state index in [1.807, 2.05) is 31.3 Å². The first-order chi connectivity index (χ1) is 19.8. The number of rotatable bonds is 11. The smallest absolute Gasteiger partial charge is 0.317 e. The molecule has 2 N–H and O–H groups in total. The molecule has 12 heteroatoms. The fourth-order valence-corrected chi connectivity index (χ4v) is 4.83. The Balaban J connectivity index is 1.57. The van der Waals surface area contributed by atoms with Crippen LogP contribution in [0.1, 0.15) is 50.7 Å². The number of ether oxygens (including phenoxy) is 2. The molecule has 4 rings (SSSR count). The molecule has 0 saturated carbocycles. The van der Waals surface area contributed by atoms with Crippen molar-refractivity contribution < 1.29 is 19.1 Å². The Hall–Kier alpha value is -4.35. The van der Waals surface area contributed by atoms with Crippen LogP contribution in [-0.2, 0) is 11.3 Å². The molecule has 0 bridgehead atoms. The predicted octanol–water partition coefficient (Wildman–Crippen LogP) is 3.12. The van der Waals surface area contributed by atoms with Gasteiger partial charge in [0.05, 0.1) is 20.3 Å². The number of hydrogen-bond acceptors (Lipinski definition) is 8. The van der Waals surface area contributed by atoms with Gasteiger partial charge in [0.25, 0.3) is 0 Å². The highest BCUT2D eigenvalue weighted by atomic mass is 16.5. The van der Waals surface area contributed by atoms with Crippen LogP contribution in [0.5, 0.6) is 11.5 Å². The number of carbonyl (C=O) groups is 2. The largest absolute Gasteiger partial charge is 0.493 e. The van der Waals surface area contributed by atoms with Gasteiger partial charge in [0.15, 0.2) is 11.5 Å². The SMILES string of the molecule is CCCNC(=O)N1CCN(c2nc(-n3ccnc3)ncc2C(C)C)C(CC(=O)NCc2ccc(OC)c(OC)c2)C1. The predicted molar refractivity (Wildman–Crippen MR) is 156 cm³/mol. The van der Waals surface area contributed by atoms with Gasteiger partial charge >= 0.3 is 6.03 Å². The van der Waals surface area contributed by atoms with Crippen LogP contribution in [0.25, 0.3) is 5.95 Å². The van der Waals surface area contributed by atoms with Crippen LogP contribution in [0, 0.1) is 0 Å². The molecule has 3 aromatic rings. The van der Waals surface area contributed by atoms with Crippen LogP contribution >= 0.6 is 0 Å². The van der Waals surface area contributed by atoms with E-state index in [1.165, 1.54) is 0 Å². The summed E-state index contributed by atoms with van der Waals surface area (Å²) in [7, 11) is 3.17. The fraction of sp³-hybridized carbons (Fsp3) is 0.483. The van der Waals surface area contributed by atoms with E-state index in [-0.39, 0.29) is 30.3 Å². The summed E-state index contributed by atoms with van der Waals surface area (Å²) < 4.78 is 12.5. The van der Waals surface area contributed by atoms with Crippen molar-refractivity contribution in [1.29, 1.82) is 0 Å². The van der Waals surface area contributed by atoms with Gasteiger partial charge in [0.2, 0.25) is 11.9 Å². The second-order valence-electron chi connectivity index (χ2n) is 10.3. The zero-order chi connectivity index (χ0) is 29.4. The van der Waals surface area contributed by atoms with E-state index in [9.17, 15) is 9.59 Å². The number of nitrogens with zero attached hydrogens (tertiary/aromatic N) is 6. The van der Waals surface area contributed by atoms with Crippen LogP contribution in [0.4, 0.5) is 10.6 Å². The van der Waals surface area contributed by atoms with Crippen LogP contribution in [0.2, 0.25) is 0 Å². The van der Waals surface area contributed by atoms with Crippen molar-refractivity contribution in [2.75, 3.05) is 45.3 Å². The molecule has 1 saturated heterocycles. The lowest BCUT2D eigenvalue weighted by molar-refractivity contribution is -0.121. The highest BCUT2D eigenvalue weighted by Crippen LogP contribution is 2.30. The molecule has 2 aromatic heterocycles. The molecule has 0 radical (unpaired) electrons. The monoisotopic (exact) mass is 564 g/mol. The number of piperazine rings is 1. The summed E-state index contributed by atoms with van der Waals surface area (Å²) in [5, 5.41) is 5.99. The first-order valence-electron chi connectivity index (χ1n) is 14.0. The Kier molecular flexibility index (Phi) is 9.99. The number of carbonyl (C=O) groups excluding carboxylic acids is 2. The maximum Gasteiger partial charge on any atom is 0.317 e. The second-order valence-corrected chi connectivity index (χ2v) is 10.3. The summed E-state index contributed by atoms with van der Waals surface area (Å²) in [6, 6.07) is 5.15. The topological polar surface area (TPSA) is 127 Å². The van der Waals surface area contributed by atoms with Crippen LogP contribution in [0.3, 0.4) is 0 Å². The lowest BCUT2D eigenvalue weighted by Gasteiger charge is -2.42. The van der Waals surface area contributed by atoms with Gasteiger partial charge in [-0.15, -0.1) is 0 Å². The molecular weight excluding hydrogens is 524 g/mol. The Bertz CT molecular complexity index is 1310. The van der Waals surface area contributed by atoms with E-state index in [1.54, 1.807) is 42.4 Å². The third-order valence-corrected chi connectivity index (χ3v) is 7.07. The first kappa shape index (κ1) is 29.6. The van der Waals surface area contributed by atoms with E-state index in [0.29, 0.717) is 50.2 Å². The Morgan fingerprint density at radius 2 is 1.93 bits per heavy atom. The maximum absolute atomic E-state index is 13.3. The molecule has 0 aliphatic carbocycles. The summed E-state index contributed by atoms with van der Waals surface area (Å²) in [5.41, 5.74) is 1.87. The van der Waals surface area contributed by atoms with Crippen molar-refractivity contribution in [2.24, 2.45) is 0 Å².